The maximum absolute atomic E-state index is 12.4. The van der Waals surface area contributed by atoms with Crippen LogP contribution >= 0.6 is 31.9 Å². The molecule has 122 valence electrons. The van der Waals surface area contributed by atoms with Crippen LogP contribution in [0, 0.1) is 0 Å². The van der Waals surface area contributed by atoms with E-state index in [2.05, 4.69) is 37.2 Å². The van der Waals surface area contributed by atoms with Gasteiger partial charge in [0.2, 0.25) is 10.0 Å². The van der Waals surface area contributed by atoms with E-state index in [4.69, 9.17) is 9.88 Å². The highest BCUT2D eigenvalue weighted by Crippen LogP contribution is 2.33. The van der Waals surface area contributed by atoms with Crippen molar-refractivity contribution in [3.8, 4) is 5.75 Å². The van der Waals surface area contributed by atoms with Crippen molar-refractivity contribution >= 4 is 53.5 Å². The number of amides is 1. The van der Waals surface area contributed by atoms with Crippen LogP contribution in [0.3, 0.4) is 0 Å². The van der Waals surface area contributed by atoms with Crippen molar-refractivity contribution in [1.29, 1.82) is 0 Å². The van der Waals surface area contributed by atoms with Gasteiger partial charge in [-0.15, -0.1) is 0 Å². The van der Waals surface area contributed by atoms with Crippen LogP contribution in [-0.2, 0) is 10.0 Å². The molecule has 1 amide bonds. The van der Waals surface area contributed by atoms with Crippen LogP contribution in [-0.4, -0.2) is 21.4 Å². The summed E-state index contributed by atoms with van der Waals surface area (Å²) < 4.78 is 29.2. The molecular weight excluding hydrogens is 452 g/mol. The van der Waals surface area contributed by atoms with E-state index < -0.39 is 15.9 Å². The number of hydrogen-bond acceptors (Lipinski definition) is 4. The van der Waals surface area contributed by atoms with E-state index in [1.807, 2.05) is 0 Å². The van der Waals surface area contributed by atoms with Crippen LogP contribution < -0.4 is 15.2 Å². The molecule has 2 rings (SSSR count). The number of ether oxygens (including phenoxy) is 1. The van der Waals surface area contributed by atoms with Crippen LogP contribution in [0.2, 0.25) is 0 Å². The van der Waals surface area contributed by atoms with Crippen LogP contribution in [0.15, 0.2) is 50.2 Å². The number of anilines is 1. The molecule has 23 heavy (non-hydrogen) atoms. The van der Waals surface area contributed by atoms with Crippen LogP contribution in [0.4, 0.5) is 5.69 Å². The van der Waals surface area contributed by atoms with Gasteiger partial charge in [0.05, 0.1) is 22.0 Å². The SMILES string of the molecule is COc1c(Br)cc(Br)cc1C(=O)Nc1cccc(S(N)(=O)=O)c1. The minimum atomic E-state index is -3.84. The van der Waals surface area contributed by atoms with E-state index in [9.17, 15) is 13.2 Å². The van der Waals surface area contributed by atoms with Crippen molar-refractivity contribution in [2.24, 2.45) is 5.14 Å². The number of carbonyl (C=O) groups is 1. The van der Waals surface area contributed by atoms with Gasteiger partial charge in [0.1, 0.15) is 5.75 Å². The summed E-state index contributed by atoms with van der Waals surface area (Å²) in [6.45, 7) is 0. The van der Waals surface area contributed by atoms with Gasteiger partial charge in [0.25, 0.3) is 5.91 Å². The quantitative estimate of drug-likeness (QED) is 0.727. The molecule has 2 aromatic rings. The number of hydrogen-bond donors (Lipinski definition) is 2. The summed E-state index contributed by atoms with van der Waals surface area (Å²) in [7, 11) is -2.39. The molecule has 0 radical (unpaired) electrons. The van der Waals surface area contributed by atoms with Gasteiger partial charge in [-0.1, -0.05) is 22.0 Å². The number of methoxy groups -OCH3 is 1. The largest absolute Gasteiger partial charge is 0.495 e. The molecule has 2 aromatic carbocycles. The molecule has 0 spiro atoms. The third-order valence-corrected chi connectivity index (χ3v) is 4.84. The first-order chi connectivity index (χ1) is 10.7. The lowest BCUT2D eigenvalue weighted by molar-refractivity contribution is 0.102. The van der Waals surface area contributed by atoms with Crippen molar-refractivity contribution < 1.29 is 17.9 Å². The van der Waals surface area contributed by atoms with Gasteiger partial charge in [-0.05, 0) is 46.3 Å². The fraction of sp³-hybridized carbons (Fsp3) is 0.0714. The lowest BCUT2D eigenvalue weighted by Crippen LogP contribution is -2.15. The first kappa shape index (κ1) is 17.9. The van der Waals surface area contributed by atoms with E-state index in [0.717, 1.165) is 0 Å². The first-order valence-electron chi connectivity index (χ1n) is 6.19. The molecule has 0 aliphatic carbocycles. The molecule has 0 unspecified atom stereocenters. The summed E-state index contributed by atoms with van der Waals surface area (Å²) >= 11 is 6.63. The van der Waals surface area contributed by atoms with Crippen molar-refractivity contribution in [1.82, 2.24) is 0 Å². The minimum absolute atomic E-state index is 0.0855. The van der Waals surface area contributed by atoms with Gasteiger partial charge in [-0.25, -0.2) is 13.6 Å². The Morgan fingerprint density at radius 3 is 2.52 bits per heavy atom. The third-order valence-electron chi connectivity index (χ3n) is 2.88. The summed E-state index contributed by atoms with van der Waals surface area (Å²) in [5, 5.41) is 7.70. The standard InChI is InChI=1S/C14H12Br2N2O4S/c1-22-13-11(5-8(15)6-12(13)16)14(19)18-9-3-2-4-10(7-9)23(17,20)21/h2-7H,1H3,(H,18,19)(H2,17,20,21). The lowest BCUT2D eigenvalue weighted by atomic mass is 10.2. The van der Waals surface area contributed by atoms with Gasteiger partial charge < -0.3 is 10.1 Å². The number of sulfonamides is 1. The van der Waals surface area contributed by atoms with Crippen LogP contribution in [0.25, 0.3) is 0 Å². The lowest BCUT2D eigenvalue weighted by Gasteiger charge is -2.12. The third kappa shape index (κ3) is 4.31. The molecule has 3 N–H and O–H groups in total. The topological polar surface area (TPSA) is 98.5 Å². The molecule has 6 nitrogen and oxygen atoms in total. The zero-order valence-electron chi connectivity index (χ0n) is 11.8. The Bertz CT molecular complexity index is 869. The molecule has 0 saturated heterocycles. The van der Waals surface area contributed by atoms with Gasteiger partial charge in [-0.3, -0.25) is 4.79 Å². The fourth-order valence-electron chi connectivity index (χ4n) is 1.89. The van der Waals surface area contributed by atoms with E-state index in [1.54, 1.807) is 18.2 Å². The zero-order chi connectivity index (χ0) is 17.2. The molecule has 0 aliphatic heterocycles. The predicted molar refractivity (Wildman–Crippen MR) is 94.2 cm³/mol. The highest BCUT2D eigenvalue weighted by Gasteiger charge is 2.17. The maximum atomic E-state index is 12.4. The Morgan fingerprint density at radius 2 is 1.91 bits per heavy atom. The highest BCUT2D eigenvalue weighted by molar-refractivity contribution is 9.11. The fourth-order valence-corrected chi connectivity index (χ4v) is 3.83. The molecule has 0 aromatic heterocycles. The van der Waals surface area contributed by atoms with Crippen molar-refractivity contribution in [3.05, 3.63) is 50.9 Å². The van der Waals surface area contributed by atoms with Crippen LogP contribution in [0.5, 0.6) is 5.75 Å². The molecule has 0 heterocycles. The molecule has 0 atom stereocenters. The molecular formula is C14H12Br2N2O4S. The second-order valence-electron chi connectivity index (χ2n) is 4.50. The number of carbonyl (C=O) groups excluding carboxylic acids is 1. The van der Waals surface area contributed by atoms with Crippen molar-refractivity contribution in [2.45, 2.75) is 4.90 Å². The number of benzene rings is 2. The monoisotopic (exact) mass is 462 g/mol. The average molecular weight is 464 g/mol. The maximum Gasteiger partial charge on any atom is 0.259 e. The second kappa shape index (κ2) is 7.00. The first-order valence-corrected chi connectivity index (χ1v) is 9.33. The van der Waals surface area contributed by atoms with Gasteiger partial charge in [0.15, 0.2) is 0 Å². The Kier molecular flexibility index (Phi) is 5.45. The van der Waals surface area contributed by atoms with E-state index in [1.165, 1.54) is 25.3 Å². The summed E-state index contributed by atoms with van der Waals surface area (Å²) in [4.78, 5) is 12.4. The van der Waals surface area contributed by atoms with E-state index >= 15 is 0 Å². The second-order valence-corrected chi connectivity index (χ2v) is 7.83. The Labute approximate surface area is 150 Å². The van der Waals surface area contributed by atoms with Gasteiger partial charge >= 0.3 is 0 Å². The Balaban J connectivity index is 2.37. The Morgan fingerprint density at radius 1 is 1.22 bits per heavy atom. The van der Waals surface area contributed by atoms with Crippen molar-refractivity contribution in [2.75, 3.05) is 12.4 Å². The highest BCUT2D eigenvalue weighted by atomic mass is 79.9. The number of nitrogens with one attached hydrogen (secondary N) is 1. The summed E-state index contributed by atoms with van der Waals surface area (Å²) in [6.07, 6.45) is 0. The molecule has 0 bridgehead atoms. The van der Waals surface area contributed by atoms with E-state index in [-0.39, 0.29) is 10.5 Å². The summed E-state index contributed by atoms with van der Waals surface area (Å²) in [5.74, 6) is -0.0799. The molecule has 0 fully saturated rings. The summed E-state index contributed by atoms with van der Waals surface area (Å²) in [6, 6.07) is 9.03. The van der Waals surface area contributed by atoms with Gasteiger partial charge in [0, 0.05) is 10.2 Å². The molecule has 0 saturated carbocycles. The van der Waals surface area contributed by atoms with Crippen molar-refractivity contribution in [3.63, 3.8) is 0 Å². The number of halogens is 2. The van der Waals surface area contributed by atoms with Gasteiger partial charge in [-0.2, -0.15) is 0 Å². The minimum Gasteiger partial charge on any atom is -0.495 e. The number of primary sulfonamides is 1. The van der Waals surface area contributed by atoms with Crippen LogP contribution in [0.1, 0.15) is 10.4 Å². The molecule has 0 aliphatic rings. The predicted octanol–water partition coefficient (Wildman–Crippen LogP) is 3.12. The smallest absolute Gasteiger partial charge is 0.259 e. The number of rotatable bonds is 4. The Hall–Kier alpha value is -1.42. The average Bonchev–Trinajstić information content (AvgIpc) is 2.46. The number of nitrogens with two attached hydrogens (primary N) is 1. The van der Waals surface area contributed by atoms with E-state index in [0.29, 0.717) is 20.4 Å². The normalized spacial score (nSPS) is 11.1. The molecule has 9 heteroatoms. The zero-order valence-corrected chi connectivity index (χ0v) is 15.8. The summed E-state index contributed by atoms with van der Waals surface area (Å²) in [5.41, 5.74) is 0.592.